The molecule has 19 heavy (non-hydrogen) atoms. The first-order valence-electron chi connectivity index (χ1n) is 5.23. The normalized spacial score (nSPS) is 10.2. The molecule has 4 N–H and O–H groups in total. The van der Waals surface area contributed by atoms with E-state index in [1.54, 1.807) is 6.20 Å². The fourth-order valence-corrected chi connectivity index (χ4v) is 2.18. The SMILES string of the molecule is Cc1ncc(CNc2ncnc(NN)c2[N+](=O)[O-])s1. The Kier molecular flexibility index (Phi) is 3.82. The molecule has 9 nitrogen and oxygen atoms in total. The lowest BCUT2D eigenvalue weighted by molar-refractivity contribution is -0.383. The first kappa shape index (κ1) is 13.1. The second-order valence-electron chi connectivity index (χ2n) is 3.52. The number of thiazole rings is 1. The molecule has 0 unspecified atom stereocenters. The number of nitrogens with zero attached hydrogens (tertiary/aromatic N) is 4. The number of rotatable bonds is 5. The highest BCUT2D eigenvalue weighted by molar-refractivity contribution is 7.11. The van der Waals surface area contributed by atoms with Crippen LogP contribution in [0.5, 0.6) is 0 Å². The Labute approximate surface area is 112 Å². The van der Waals surface area contributed by atoms with Crippen molar-refractivity contribution in [3.8, 4) is 0 Å². The molecule has 2 aromatic rings. The summed E-state index contributed by atoms with van der Waals surface area (Å²) in [5, 5.41) is 14.8. The lowest BCUT2D eigenvalue weighted by Gasteiger charge is -2.06. The number of nitro groups is 1. The van der Waals surface area contributed by atoms with Crippen LogP contribution < -0.4 is 16.6 Å². The van der Waals surface area contributed by atoms with E-state index in [0.29, 0.717) is 6.54 Å². The van der Waals surface area contributed by atoms with Crippen molar-refractivity contribution in [2.45, 2.75) is 13.5 Å². The maximum absolute atomic E-state index is 11.0. The van der Waals surface area contributed by atoms with Gasteiger partial charge in [0.1, 0.15) is 6.33 Å². The summed E-state index contributed by atoms with van der Waals surface area (Å²) in [5.74, 6) is 5.26. The fourth-order valence-electron chi connectivity index (χ4n) is 1.44. The minimum absolute atomic E-state index is 0.0389. The highest BCUT2D eigenvalue weighted by atomic mass is 32.1. The van der Waals surface area contributed by atoms with E-state index in [0.717, 1.165) is 9.88 Å². The molecule has 0 spiro atoms. The quantitative estimate of drug-likeness (QED) is 0.421. The predicted octanol–water partition coefficient (Wildman–Crippen LogP) is 1.05. The van der Waals surface area contributed by atoms with Crippen LogP contribution in [0.2, 0.25) is 0 Å². The largest absolute Gasteiger partial charge is 0.359 e. The zero-order valence-corrected chi connectivity index (χ0v) is 10.8. The lowest BCUT2D eigenvalue weighted by Crippen LogP contribution is -2.13. The number of hydrazine groups is 1. The summed E-state index contributed by atoms with van der Waals surface area (Å²) in [4.78, 5) is 23.0. The summed E-state index contributed by atoms with van der Waals surface area (Å²) in [5.41, 5.74) is 1.89. The van der Waals surface area contributed by atoms with Crippen molar-refractivity contribution in [2.75, 3.05) is 10.7 Å². The summed E-state index contributed by atoms with van der Waals surface area (Å²) in [6, 6.07) is 0. The van der Waals surface area contributed by atoms with Gasteiger partial charge in [0.15, 0.2) is 0 Å². The molecule has 0 amide bonds. The zero-order chi connectivity index (χ0) is 13.8. The van der Waals surface area contributed by atoms with Gasteiger partial charge in [-0.3, -0.25) is 10.1 Å². The Morgan fingerprint density at radius 3 is 2.74 bits per heavy atom. The molecule has 0 radical (unpaired) electrons. The van der Waals surface area contributed by atoms with Crippen molar-refractivity contribution < 1.29 is 4.92 Å². The second kappa shape index (κ2) is 5.54. The van der Waals surface area contributed by atoms with Crippen LogP contribution in [0.1, 0.15) is 9.88 Å². The van der Waals surface area contributed by atoms with Gasteiger partial charge in [0.25, 0.3) is 0 Å². The summed E-state index contributed by atoms with van der Waals surface area (Å²) < 4.78 is 0. The van der Waals surface area contributed by atoms with Gasteiger partial charge in [-0.05, 0) is 6.92 Å². The first-order valence-corrected chi connectivity index (χ1v) is 6.04. The third kappa shape index (κ3) is 2.92. The van der Waals surface area contributed by atoms with Gasteiger partial charge < -0.3 is 10.7 Å². The second-order valence-corrected chi connectivity index (χ2v) is 4.84. The minimum atomic E-state index is -0.588. The molecular weight excluding hydrogens is 270 g/mol. The summed E-state index contributed by atoms with van der Waals surface area (Å²) in [6.45, 7) is 2.28. The Morgan fingerprint density at radius 1 is 1.42 bits per heavy atom. The molecule has 0 aliphatic heterocycles. The summed E-state index contributed by atoms with van der Waals surface area (Å²) >= 11 is 1.50. The Bertz CT molecular complexity index is 600. The fraction of sp³-hybridized carbons (Fsp3) is 0.222. The molecule has 0 saturated carbocycles. The van der Waals surface area contributed by atoms with E-state index in [1.807, 2.05) is 6.92 Å². The molecule has 0 aliphatic carbocycles. The van der Waals surface area contributed by atoms with Crippen molar-refractivity contribution >= 4 is 28.7 Å². The molecule has 100 valence electrons. The highest BCUT2D eigenvalue weighted by Gasteiger charge is 2.22. The van der Waals surface area contributed by atoms with Gasteiger partial charge >= 0.3 is 5.69 Å². The Hall–Kier alpha value is -2.33. The van der Waals surface area contributed by atoms with Crippen molar-refractivity contribution in [1.82, 2.24) is 15.0 Å². The number of nitrogens with two attached hydrogens (primary N) is 1. The first-order chi connectivity index (χ1) is 9.11. The number of aromatic nitrogens is 3. The molecule has 0 bridgehead atoms. The molecule has 10 heteroatoms. The molecule has 2 aromatic heterocycles. The van der Waals surface area contributed by atoms with E-state index in [1.165, 1.54) is 17.7 Å². The smallest absolute Gasteiger partial charge is 0.354 e. The van der Waals surface area contributed by atoms with Crippen LogP contribution in [0.4, 0.5) is 17.3 Å². The molecule has 2 heterocycles. The predicted molar refractivity (Wildman–Crippen MR) is 70.7 cm³/mol. The molecule has 0 aliphatic rings. The highest BCUT2D eigenvalue weighted by Crippen LogP contribution is 2.28. The van der Waals surface area contributed by atoms with Gasteiger partial charge in [0.05, 0.1) is 16.5 Å². The molecule has 0 saturated heterocycles. The van der Waals surface area contributed by atoms with Crippen LogP contribution in [0.3, 0.4) is 0 Å². The Morgan fingerprint density at radius 2 is 2.16 bits per heavy atom. The van der Waals surface area contributed by atoms with Gasteiger partial charge in [-0.25, -0.2) is 20.8 Å². The molecule has 0 fully saturated rings. The monoisotopic (exact) mass is 281 g/mol. The summed E-state index contributed by atoms with van der Waals surface area (Å²) in [7, 11) is 0. The van der Waals surface area contributed by atoms with Crippen LogP contribution in [0.25, 0.3) is 0 Å². The Balaban J connectivity index is 2.22. The number of hydrogen-bond acceptors (Lipinski definition) is 9. The number of aryl methyl sites for hydroxylation is 1. The van der Waals surface area contributed by atoms with Crippen LogP contribution in [0, 0.1) is 17.0 Å². The van der Waals surface area contributed by atoms with Gasteiger partial charge in [0, 0.05) is 11.1 Å². The van der Waals surface area contributed by atoms with E-state index in [2.05, 4.69) is 25.7 Å². The third-order valence-electron chi connectivity index (χ3n) is 2.24. The van der Waals surface area contributed by atoms with E-state index in [9.17, 15) is 10.1 Å². The van der Waals surface area contributed by atoms with E-state index in [-0.39, 0.29) is 17.3 Å². The maximum atomic E-state index is 11.0. The van der Waals surface area contributed by atoms with Crippen LogP contribution >= 0.6 is 11.3 Å². The molecular formula is C9H11N7O2S. The topological polar surface area (TPSA) is 132 Å². The van der Waals surface area contributed by atoms with E-state index >= 15 is 0 Å². The lowest BCUT2D eigenvalue weighted by atomic mass is 10.4. The number of hydrogen-bond donors (Lipinski definition) is 3. The van der Waals surface area contributed by atoms with Crippen LogP contribution in [-0.4, -0.2) is 19.9 Å². The molecule has 2 rings (SSSR count). The number of nitrogens with one attached hydrogen (secondary N) is 2. The van der Waals surface area contributed by atoms with E-state index < -0.39 is 4.92 Å². The molecule has 0 aromatic carbocycles. The number of nitrogen functional groups attached to an aromatic ring is 1. The number of anilines is 2. The van der Waals surface area contributed by atoms with Gasteiger partial charge in [0.2, 0.25) is 11.6 Å². The van der Waals surface area contributed by atoms with E-state index in [4.69, 9.17) is 5.84 Å². The maximum Gasteiger partial charge on any atom is 0.354 e. The van der Waals surface area contributed by atoms with Gasteiger partial charge in [-0.1, -0.05) is 0 Å². The van der Waals surface area contributed by atoms with Crippen molar-refractivity contribution in [1.29, 1.82) is 0 Å². The third-order valence-corrected chi connectivity index (χ3v) is 3.15. The average Bonchev–Trinajstić information content (AvgIpc) is 2.81. The standard InChI is InChI=1S/C9H11N7O2S/c1-5-11-2-6(19-5)3-12-8-7(16(17)18)9(15-10)14-4-13-8/h2,4H,3,10H2,1H3,(H2,12,13,14,15). The van der Waals surface area contributed by atoms with Gasteiger partial charge in [-0.15, -0.1) is 11.3 Å². The van der Waals surface area contributed by atoms with Gasteiger partial charge in [-0.2, -0.15) is 0 Å². The van der Waals surface area contributed by atoms with Crippen molar-refractivity contribution in [3.63, 3.8) is 0 Å². The molecule has 0 atom stereocenters. The van der Waals surface area contributed by atoms with Crippen LogP contribution in [-0.2, 0) is 6.54 Å². The van der Waals surface area contributed by atoms with Crippen molar-refractivity contribution in [3.05, 3.63) is 32.5 Å². The minimum Gasteiger partial charge on any atom is -0.359 e. The van der Waals surface area contributed by atoms with Crippen LogP contribution in [0.15, 0.2) is 12.5 Å². The summed E-state index contributed by atoms with van der Waals surface area (Å²) in [6.07, 6.45) is 2.91. The zero-order valence-electron chi connectivity index (χ0n) is 9.95. The average molecular weight is 281 g/mol. The van der Waals surface area contributed by atoms with Crippen molar-refractivity contribution in [2.24, 2.45) is 5.84 Å².